The molecule has 0 spiro atoms. The highest BCUT2D eigenvalue weighted by atomic mass is 16.5. The van der Waals surface area contributed by atoms with Gasteiger partial charge in [0.15, 0.2) is 0 Å². The Balaban J connectivity index is 2.40. The molecule has 2 aromatic rings. The van der Waals surface area contributed by atoms with Gasteiger partial charge in [0.05, 0.1) is 17.6 Å². The first-order valence-electron chi connectivity index (χ1n) is 6.62. The van der Waals surface area contributed by atoms with Gasteiger partial charge in [-0.05, 0) is 38.9 Å². The fourth-order valence-corrected chi connectivity index (χ4v) is 2.22. The Kier molecular flexibility index (Phi) is 4.20. The van der Waals surface area contributed by atoms with E-state index >= 15 is 0 Å². The van der Waals surface area contributed by atoms with Crippen LogP contribution in [-0.4, -0.2) is 22.7 Å². The van der Waals surface area contributed by atoms with Crippen molar-refractivity contribution in [2.45, 2.75) is 33.2 Å². The van der Waals surface area contributed by atoms with Crippen molar-refractivity contribution in [3.8, 4) is 5.75 Å². The minimum absolute atomic E-state index is 0.681. The molecule has 18 heavy (non-hydrogen) atoms. The molecule has 98 valence electrons. The minimum Gasteiger partial charge on any atom is -0.494 e. The number of hydrogen-bond donors (Lipinski definition) is 1. The number of nitrogens with zero attached hydrogens (tertiary/aromatic N) is 2. The van der Waals surface area contributed by atoms with Crippen molar-refractivity contribution in [2.24, 2.45) is 5.73 Å². The van der Waals surface area contributed by atoms with Crippen LogP contribution in [0.3, 0.4) is 0 Å². The molecule has 0 unspecified atom stereocenters. The normalized spacial score (nSPS) is 11.1. The van der Waals surface area contributed by atoms with Crippen molar-refractivity contribution in [3.05, 3.63) is 24.0 Å². The molecule has 0 aliphatic carbocycles. The van der Waals surface area contributed by atoms with Gasteiger partial charge in [0, 0.05) is 19.0 Å². The van der Waals surface area contributed by atoms with E-state index in [1.165, 1.54) is 5.52 Å². The Morgan fingerprint density at radius 3 is 2.83 bits per heavy atom. The van der Waals surface area contributed by atoms with Gasteiger partial charge in [-0.3, -0.25) is 0 Å². The number of aryl methyl sites for hydroxylation is 2. The fourth-order valence-electron chi connectivity index (χ4n) is 2.22. The maximum atomic E-state index is 5.57. The highest BCUT2D eigenvalue weighted by Gasteiger charge is 2.09. The summed E-state index contributed by atoms with van der Waals surface area (Å²) in [4.78, 5) is 4.69. The zero-order valence-corrected chi connectivity index (χ0v) is 11.1. The summed E-state index contributed by atoms with van der Waals surface area (Å²) in [5.74, 6) is 2.00. The van der Waals surface area contributed by atoms with Crippen LogP contribution in [0, 0.1) is 0 Å². The van der Waals surface area contributed by atoms with Crippen LogP contribution in [-0.2, 0) is 13.0 Å². The van der Waals surface area contributed by atoms with Crippen LogP contribution in [0.4, 0.5) is 0 Å². The van der Waals surface area contributed by atoms with Crippen molar-refractivity contribution in [1.82, 2.24) is 9.55 Å². The van der Waals surface area contributed by atoms with E-state index in [1.807, 2.05) is 19.1 Å². The lowest BCUT2D eigenvalue weighted by molar-refractivity contribution is 0.340. The van der Waals surface area contributed by atoms with Gasteiger partial charge >= 0.3 is 0 Å². The van der Waals surface area contributed by atoms with E-state index in [2.05, 4.69) is 17.6 Å². The number of benzene rings is 1. The molecule has 0 bridgehead atoms. The van der Waals surface area contributed by atoms with E-state index in [1.54, 1.807) is 0 Å². The van der Waals surface area contributed by atoms with Crippen LogP contribution < -0.4 is 10.5 Å². The van der Waals surface area contributed by atoms with E-state index in [0.717, 1.165) is 36.5 Å². The summed E-state index contributed by atoms with van der Waals surface area (Å²) >= 11 is 0. The Labute approximate surface area is 108 Å². The monoisotopic (exact) mass is 247 g/mol. The Morgan fingerprint density at radius 2 is 2.17 bits per heavy atom. The Bertz CT molecular complexity index is 519. The summed E-state index contributed by atoms with van der Waals surface area (Å²) < 4.78 is 7.76. The molecular weight excluding hydrogens is 226 g/mol. The van der Waals surface area contributed by atoms with Gasteiger partial charge in [-0.25, -0.2) is 4.98 Å². The number of imidazole rings is 1. The summed E-state index contributed by atoms with van der Waals surface area (Å²) in [6, 6.07) is 6.10. The first-order chi connectivity index (χ1) is 8.80. The maximum absolute atomic E-state index is 5.57. The second kappa shape index (κ2) is 5.87. The first kappa shape index (κ1) is 12.9. The van der Waals surface area contributed by atoms with Crippen LogP contribution in [0.25, 0.3) is 11.0 Å². The van der Waals surface area contributed by atoms with Gasteiger partial charge in [0.25, 0.3) is 0 Å². The fraction of sp³-hybridized carbons (Fsp3) is 0.500. The molecule has 4 heteroatoms. The molecule has 0 saturated carbocycles. The molecule has 2 N–H and O–H groups in total. The number of fused-ring (bicyclic) bond motifs is 1. The van der Waals surface area contributed by atoms with Crippen LogP contribution in [0.15, 0.2) is 18.2 Å². The quantitative estimate of drug-likeness (QED) is 0.852. The molecule has 0 amide bonds. The summed E-state index contributed by atoms with van der Waals surface area (Å²) in [6.45, 7) is 6.45. The molecule has 0 aliphatic rings. The molecule has 0 atom stereocenters. The topological polar surface area (TPSA) is 53.1 Å². The third-order valence-electron chi connectivity index (χ3n) is 3.03. The number of rotatable bonds is 6. The second-order valence-corrected chi connectivity index (χ2v) is 4.25. The summed E-state index contributed by atoms with van der Waals surface area (Å²) in [7, 11) is 0. The highest BCUT2D eigenvalue weighted by molar-refractivity contribution is 5.77. The predicted molar refractivity (Wildman–Crippen MR) is 74.0 cm³/mol. The van der Waals surface area contributed by atoms with Gasteiger partial charge in [0.1, 0.15) is 11.6 Å². The highest BCUT2D eigenvalue weighted by Crippen LogP contribution is 2.22. The lowest BCUT2D eigenvalue weighted by atomic mass is 10.3. The average molecular weight is 247 g/mol. The van der Waals surface area contributed by atoms with Gasteiger partial charge in [-0.1, -0.05) is 0 Å². The standard InChI is InChI=1S/C14H21N3O/c1-3-17-13-8-7-11(18-4-2)10-12(13)16-14(17)6-5-9-15/h7-8,10H,3-6,9,15H2,1-2H3. The zero-order valence-electron chi connectivity index (χ0n) is 11.1. The molecule has 1 aromatic heterocycles. The number of nitrogens with two attached hydrogens (primary N) is 1. The zero-order chi connectivity index (χ0) is 13.0. The van der Waals surface area contributed by atoms with Crippen LogP contribution in [0.2, 0.25) is 0 Å². The molecule has 4 nitrogen and oxygen atoms in total. The van der Waals surface area contributed by atoms with Gasteiger partial charge < -0.3 is 15.0 Å². The van der Waals surface area contributed by atoms with E-state index in [4.69, 9.17) is 15.5 Å². The van der Waals surface area contributed by atoms with Gasteiger partial charge in [-0.15, -0.1) is 0 Å². The van der Waals surface area contributed by atoms with Gasteiger partial charge in [-0.2, -0.15) is 0 Å². The van der Waals surface area contributed by atoms with Gasteiger partial charge in [0.2, 0.25) is 0 Å². The second-order valence-electron chi connectivity index (χ2n) is 4.25. The largest absolute Gasteiger partial charge is 0.494 e. The van der Waals surface area contributed by atoms with Crippen molar-refractivity contribution in [3.63, 3.8) is 0 Å². The Morgan fingerprint density at radius 1 is 1.33 bits per heavy atom. The molecule has 0 saturated heterocycles. The van der Waals surface area contributed by atoms with E-state index in [0.29, 0.717) is 13.2 Å². The summed E-state index contributed by atoms with van der Waals surface area (Å²) in [5, 5.41) is 0. The summed E-state index contributed by atoms with van der Waals surface area (Å²) in [6.07, 6.45) is 1.91. The van der Waals surface area contributed by atoms with E-state index in [-0.39, 0.29) is 0 Å². The van der Waals surface area contributed by atoms with E-state index < -0.39 is 0 Å². The number of ether oxygens (including phenoxy) is 1. The van der Waals surface area contributed by atoms with Crippen molar-refractivity contribution in [2.75, 3.05) is 13.2 Å². The molecule has 0 radical (unpaired) electrons. The lowest BCUT2D eigenvalue weighted by Gasteiger charge is -2.05. The van der Waals surface area contributed by atoms with Crippen LogP contribution in [0.1, 0.15) is 26.1 Å². The molecule has 1 aromatic carbocycles. The molecular formula is C14H21N3O. The smallest absolute Gasteiger partial charge is 0.121 e. The van der Waals surface area contributed by atoms with Crippen molar-refractivity contribution in [1.29, 1.82) is 0 Å². The molecule has 0 fully saturated rings. The average Bonchev–Trinajstić information content (AvgIpc) is 2.73. The van der Waals surface area contributed by atoms with E-state index in [9.17, 15) is 0 Å². The summed E-state index contributed by atoms with van der Waals surface area (Å²) in [5.41, 5.74) is 7.75. The third-order valence-corrected chi connectivity index (χ3v) is 3.03. The number of hydrogen-bond acceptors (Lipinski definition) is 3. The van der Waals surface area contributed by atoms with Crippen molar-refractivity contribution >= 4 is 11.0 Å². The minimum atomic E-state index is 0.681. The lowest BCUT2D eigenvalue weighted by Crippen LogP contribution is -2.06. The number of aromatic nitrogens is 2. The molecule has 1 heterocycles. The Hall–Kier alpha value is -1.55. The predicted octanol–water partition coefficient (Wildman–Crippen LogP) is 2.35. The third kappa shape index (κ3) is 2.48. The van der Waals surface area contributed by atoms with Crippen LogP contribution in [0.5, 0.6) is 5.75 Å². The molecule has 0 aliphatic heterocycles. The van der Waals surface area contributed by atoms with Crippen molar-refractivity contribution < 1.29 is 4.74 Å². The van der Waals surface area contributed by atoms with Crippen LogP contribution >= 0.6 is 0 Å². The molecule has 2 rings (SSSR count). The first-order valence-corrected chi connectivity index (χ1v) is 6.62. The SMILES string of the molecule is CCOc1ccc2c(c1)nc(CCCN)n2CC. The maximum Gasteiger partial charge on any atom is 0.121 e.